The summed E-state index contributed by atoms with van der Waals surface area (Å²) in [6.07, 6.45) is 6.70. The minimum atomic E-state index is -1.11. The molecular formula is C32H29N3O6. The van der Waals surface area contributed by atoms with E-state index < -0.39 is 11.9 Å². The largest absolute Gasteiger partial charge is 0.490 e. The van der Waals surface area contributed by atoms with Crippen molar-refractivity contribution in [2.45, 2.75) is 37.8 Å². The zero-order valence-electron chi connectivity index (χ0n) is 22.2. The molecular weight excluding hydrogens is 522 g/mol. The number of pyridine rings is 1. The number of rotatable bonds is 9. The fraction of sp³-hybridized carbons (Fsp3) is 0.188. The maximum atomic E-state index is 12.6. The van der Waals surface area contributed by atoms with Crippen molar-refractivity contribution in [3.05, 3.63) is 114 Å². The Morgan fingerprint density at radius 2 is 1.29 bits per heavy atom. The number of para-hydroxylation sites is 1. The van der Waals surface area contributed by atoms with Crippen molar-refractivity contribution in [1.82, 2.24) is 10.3 Å². The second-order valence-electron chi connectivity index (χ2n) is 9.70. The van der Waals surface area contributed by atoms with E-state index >= 15 is 0 Å². The normalized spacial score (nSPS) is 16.3. The molecule has 0 bridgehead atoms. The number of carbonyl (C=O) groups excluding carboxylic acids is 2. The lowest BCUT2D eigenvalue weighted by Crippen LogP contribution is -2.39. The monoisotopic (exact) mass is 551 g/mol. The smallest absolute Gasteiger partial charge is 0.337 e. The van der Waals surface area contributed by atoms with Gasteiger partial charge in [-0.25, -0.2) is 4.79 Å². The second kappa shape index (κ2) is 12.8. The average Bonchev–Trinajstić information content (AvgIpc) is 3.00. The van der Waals surface area contributed by atoms with Gasteiger partial charge < -0.3 is 25.2 Å². The number of aromatic carboxylic acids is 1. The summed E-state index contributed by atoms with van der Waals surface area (Å²) in [5.74, 6) is 0.302. The van der Waals surface area contributed by atoms with Gasteiger partial charge in [-0.2, -0.15) is 0 Å². The summed E-state index contributed by atoms with van der Waals surface area (Å²) < 4.78 is 12.1. The molecule has 9 heteroatoms. The van der Waals surface area contributed by atoms with Crippen molar-refractivity contribution >= 4 is 23.5 Å². The Kier molecular flexibility index (Phi) is 8.54. The van der Waals surface area contributed by atoms with Gasteiger partial charge in [-0.05, 0) is 98.5 Å². The third-order valence-corrected chi connectivity index (χ3v) is 6.84. The first-order valence-corrected chi connectivity index (χ1v) is 13.3. The number of hydrogen-bond donors (Lipinski definition) is 3. The fourth-order valence-corrected chi connectivity index (χ4v) is 4.66. The summed E-state index contributed by atoms with van der Waals surface area (Å²) in [4.78, 5) is 40.3. The molecule has 3 aromatic carbocycles. The molecule has 0 atom stereocenters. The van der Waals surface area contributed by atoms with Crippen LogP contribution in [0.15, 0.2) is 97.3 Å². The number of carboxylic acid groups (broad SMARTS) is 1. The number of carboxylic acids is 1. The van der Waals surface area contributed by atoms with Gasteiger partial charge >= 0.3 is 5.97 Å². The summed E-state index contributed by atoms with van der Waals surface area (Å²) in [5, 5.41) is 15.0. The molecule has 1 aromatic heterocycles. The molecule has 1 aliphatic rings. The molecule has 1 aliphatic carbocycles. The van der Waals surface area contributed by atoms with Gasteiger partial charge in [-0.3, -0.25) is 14.6 Å². The fourth-order valence-electron chi connectivity index (χ4n) is 4.66. The van der Waals surface area contributed by atoms with Crippen LogP contribution in [0.5, 0.6) is 17.2 Å². The topological polar surface area (TPSA) is 127 Å². The highest BCUT2D eigenvalue weighted by atomic mass is 16.5. The van der Waals surface area contributed by atoms with Gasteiger partial charge in [0.2, 0.25) is 0 Å². The molecule has 0 spiro atoms. The van der Waals surface area contributed by atoms with Gasteiger partial charge in [-0.1, -0.05) is 12.1 Å². The van der Waals surface area contributed by atoms with E-state index in [0.717, 1.165) is 31.4 Å². The number of nitrogens with one attached hydrogen (secondary N) is 2. The van der Waals surface area contributed by atoms with E-state index in [-0.39, 0.29) is 29.3 Å². The SMILES string of the molecule is O=C(Nc1ccccc1C(=O)O)c1ccc(Oc2ccc(OC3CCC(NC(=O)c4ccncc4)CC3)cc2)cc1. The molecule has 0 saturated heterocycles. The number of benzene rings is 3. The number of anilines is 1. The van der Waals surface area contributed by atoms with Gasteiger partial charge in [0, 0.05) is 29.6 Å². The zero-order valence-corrected chi connectivity index (χ0v) is 22.2. The molecule has 9 nitrogen and oxygen atoms in total. The van der Waals surface area contributed by atoms with Crippen molar-refractivity contribution in [3.63, 3.8) is 0 Å². The quantitative estimate of drug-likeness (QED) is 0.235. The summed E-state index contributed by atoms with van der Waals surface area (Å²) in [6, 6.07) is 23.7. The minimum Gasteiger partial charge on any atom is -0.490 e. The molecule has 1 heterocycles. The van der Waals surface area contributed by atoms with Crippen molar-refractivity contribution in [2.75, 3.05) is 5.32 Å². The summed E-state index contributed by atoms with van der Waals surface area (Å²) in [6.45, 7) is 0. The molecule has 0 aliphatic heterocycles. The van der Waals surface area contributed by atoms with Crippen molar-refractivity contribution in [2.24, 2.45) is 0 Å². The molecule has 3 N–H and O–H groups in total. The first kappa shape index (κ1) is 27.4. The Morgan fingerprint density at radius 1 is 0.707 bits per heavy atom. The molecule has 0 unspecified atom stereocenters. The van der Waals surface area contributed by atoms with Crippen LogP contribution < -0.4 is 20.1 Å². The van der Waals surface area contributed by atoms with E-state index in [4.69, 9.17) is 9.47 Å². The lowest BCUT2D eigenvalue weighted by molar-refractivity contribution is 0.0697. The van der Waals surface area contributed by atoms with E-state index in [2.05, 4.69) is 15.6 Å². The average molecular weight is 552 g/mol. The molecule has 41 heavy (non-hydrogen) atoms. The second-order valence-corrected chi connectivity index (χ2v) is 9.70. The number of hydrogen-bond acceptors (Lipinski definition) is 6. The summed E-state index contributed by atoms with van der Waals surface area (Å²) in [5.41, 5.74) is 1.23. The van der Waals surface area contributed by atoms with Crippen LogP contribution in [0.2, 0.25) is 0 Å². The first-order chi connectivity index (χ1) is 19.9. The predicted molar refractivity (Wildman–Crippen MR) is 153 cm³/mol. The third kappa shape index (κ3) is 7.27. The lowest BCUT2D eigenvalue weighted by Gasteiger charge is -2.29. The maximum Gasteiger partial charge on any atom is 0.337 e. The summed E-state index contributed by atoms with van der Waals surface area (Å²) >= 11 is 0. The molecule has 5 rings (SSSR count). The number of aromatic nitrogens is 1. The minimum absolute atomic E-state index is 0.0198. The van der Waals surface area contributed by atoms with E-state index in [9.17, 15) is 19.5 Å². The van der Waals surface area contributed by atoms with Gasteiger partial charge in [0.25, 0.3) is 11.8 Å². The lowest BCUT2D eigenvalue weighted by atomic mass is 9.92. The number of ether oxygens (including phenoxy) is 2. The Hall–Kier alpha value is -5.18. The van der Waals surface area contributed by atoms with E-state index in [1.165, 1.54) is 6.07 Å². The molecule has 2 amide bonds. The Morgan fingerprint density at radius 3 is 1.95 bits per heavy atom. The maximum absolute atomic E-state index is 12.6. The highest BCUT2D eigenvalue weighted by Crippen LogP contribution is 2.28. The van der Waals surface area contributed by atoms with E-state index in [0.29, 0.717) is 22.6 Å². The van der Waals surface area contributed by atoms with Gasteiger partial charge in [0.1, 0.15) is 17.2 Å². The van der Waals surface area contributed by atoms with Crippen LogP contribution >= 0.6 is 0 Å². The van der Waals surface area contributed by atoms with Crippen LogP contribution in [0.1, 0.15) is 56.8 Å². The van der Waals surface area contributed by atoms with Crippen molar-refractivity contribution in [3.8, 4) is 17.2 Å². The molecule has 4 aromatic rings. The molecule has 0 radical (unpaired) electrons. The van der Waals surface area contributed by atoms with Crippen LogP contribution in [-0.4, -0.2) is 40.0 Å². The van der Waals surface area contributed by atoms with Crippen LogP contribution in [0.25, 0.3) is 0 Å². The van der Waals surface area contributed by atoms with E-state index in [1.54, 1.807) is 67.0 Å². The van der Waals surface area contributed by atoms with Crippen LogP contribution in [0, 0.1) is 0 Å². The number of nitrogens with zero attached hydrogens (tertiary/aromatic N) is 1. The van der Waals surface area contributed by atoms with Gasteiger partial charge in [0.05, 0.1) is 17.4 Å². The Labute approximate surface area is 237 Å². The van der Waals surface area contributed by atoms with Gasteiger partial charge in [0.15, 0.2) is 0 Å². The van der Waals surface area contributed by atoms with Crippen LogP contribution in [-0.2, 0) is 0 Å². The highest BCUT2D eigenvalue weighted by Gasteiger charge is 2.24. The number of amides is 2. The Balaban J connectivity index is 1.09. The van der Waals surface area contributed by atoms with Gasteiger partial charge in [-0.15, -0.1) is 0 Å². The first-order valence-electron chi connectivity index (χ1n) is 13.3. The molecule has 1 saturated carbocycles. The molecule has 1 fully saturated rings. The van der Waals surface area contributed by atoms with Crippen molar-refractivity contribution in [1.29, 1.82) is 0 Å². The highest BCUT2D eigenvalue weighted by molar-refractivity contribution is 6.07. The standard InChI is InChI=1S/C32H29N3O6/c36-30(22-17-19-33-20-18-22)34-23-7-11-25(12-8-23)41-27-15-13-26(14-16-27)40-24-9-5-21(6-10-24)31(37)35-29-4-2-1-3-28(29)32(38)39/h1-6,9-10,13-20,23,25H,7-8,11-12H2,(H,34,36)(H,35,37)(H,38,39). The zero-order chi connectivity index (χ0) is 28.6. The Bertz CT molecular complexity index is 1500. The van der Waals surface area contributed by atoms with Crippen molar-refractivity contribution < 1.29 is 29.0 Å². The summed E-state index contributed by atoms with van der Waals surface area (Å²) in [7, 11) is 0. The number of carbonyl (C=O) groups is 3. The van der Waals surface area contributed by atoms with Crippen LogP contribution in [0.3, 0.4) is 0 Å². The third-order valence-electron chi connectivity index (χ3n) is 6.84. The van der Waals surface area contributed by atoms with E-state index in [1.807, 2.05) is 24.3 Å². The van der Waals surface area contributed by atoms with Crippen LogP contribution in [0.4, 0.5) is 5.69 Å². The predicted octanol–water partition coefficient (Wildman–Crippen LogP) is 5.94. The molecule has 208 valence electrons.